The van der Waals surface area contributed by atoms with Crippen LogP contribution in [0.3, 0.4) is 0 Å². The molecular weight excluding hydrogens is 386 g/mol. The summed E-state index contributed by atoms with van der Waals surface area (Å²) < 4.78 is 10.4. The summed E-state index contributed by atoms with van der Waals surface area (Å²) in [6.07, 6.45) is 2.64. The zero-order valence-electron chi connectivity index (χ0n) is 15.3. The fraction of sp³-hybridized carbons (Fsp3) is 0.579. The van der Waals surface area contributed by atoms with Crippen LogP contribution in [-0.2, 0) is 14.8 Å². The number of ether oxygens (including phenoxy) is 2. The number of esters is 1. The molecule has 2 rings (SSSR count). The van der Waals surface area contributed by atoms with Crippen LogP contribution in [0.15, 0.2) is 18.2 Å². The van der Waals surface area contributed by atoms with Crippen molar-refractivity contribution in [2.75, 3.05) is 13.7 Å². The molecule has 0 aromatic heterocycles. The Morgan fingerprint density at radius 2 is 2.00 bits per heavy atom. The van der Waals surface area contributed by atoms with Gasteiger partial charge in [-0.15, -0.1) is 0 Å². The lowest BCUT2D eigenvalue weighted by atomic mass is 9.93. The Labute approximate surface area is 157 Å². The van der Waals surface area contributed by atoms with Crippen LogP contribution >= 0.6 is 15.9 Å². The number of carbonyl (C=O) groups is 2. The summed E-state index contributed by atoms with van der Waals surface area (Å²) in [6.45, 7) is 6.30. The topological polar surface area (TPSA) is 55.8 Å². The summed E-state index contributed by atoms with van der Waals surface area (Å²) in [5.41, 5.74) is 1.91. The Hall–Kier alpha value is -1.56. The van der Waals surface area contributed by atoms with Gasteiger partial charge in [0.15, 0.2) is 0 Å². The second-order valence-electron chi connectivity index (χ2n) is 7.23. The fourth-order valence-electron chi connectivity index (χ4n) is 3.06. The van der Waals surface area contributed by atoms with Crippen molar-refractivity contribution in [3.63, 3.8) is 0 Å². The highest BCUT2D eigenvalue weighted by Crippen LogP contribution is 2.33. The van der Waals surface area contributed by atoms with E-state index in [4.69, 9.17) is 9.47 Å². The first-order valence-corrected chi connectivity index (χ1v) is 9.65. The summed E-state index contributed by atoms with van der Waals surface area (Å²) in [4.78, 5) is 26.3. The van der Waals surface area contributed by atoms with Gasteiger partial charge in [-0.2, -0.15) is 0 Å². The molecule has 138 valence electrons. The SMILES string of the molecule is COC(=O)c1ccc([C@@H]2CCCCN2C(=O)OC(C)(C)C)cc1CBr. The fourth-order valence-corrected chi connectivity index (χ4v) is 3.52. The Morgan fingerprint density at radius 1 is 1.28 bits per heavy atom. The molecule has 1 heterocycles. The molecule has 1 aromatic rings. The summed E-state index contributed by atoms with van der Waals surface area (Å²) in [5, 5.41) is 0.546. The predicted molar refractivity (Wildman–Crippen MR) is 99.9 cm³/mol. The number of nitrogens with zero attached hydrogens (tertiary/aromatic N) is 1. The first-order valence-electron chi connectivity index (χ1n) is 8.53. The normalized spacial score (nSPS) is 18.0. The maximum atomic E-state index is 12.6. The Kier molecular flexibility index (Phi) is 6.49. The highest BCUT2D eigenvalue weighted by atomic mass is 79.9. The van der Waals surface area contributed by atoms with E-state index in [2.05, 4.69) is 15.9 Å². The number of hydrogen-bond donors (Lipinski definition) is 0. The van der Waals surface area contributed by atoms with E-state index in [9.17, 15) is 9.59 Å². The minimum Gasteiger partial charge on any atom is -0.465 e. The summed E-state index contributed by atoms with van der Waals surface area (Å²) in [5.74, 6) is -0.353. The van der Waals surface area contributed by atoms with Crippen LogP contribution in [0.25, 0.3) is 0 Å². The zero-order chi connectivity index (χ0) is 18.6. The lowest BCUT2D eigenvalue weighted by Crippen LogP contribution is -2.41. The van der Waals surface area contributed by atoms with Gasteiger partial charge in [-0.3, -0.25) is 0 Å². The van der Waals surface area contributed by atoms with Crippen molar-refractivity contribution in [2.45, 2.75) is 57.0 Å². The van der Waals surface area contributed by atoms with Crippen LogP contribution in [0.2, 0.25) is 0 Å². The second kappa shape index (κ2) is 8.21. The van der Waals surface area contributed by atoms with Gasteiger partial charge in [0.25, 0.3) is 0 Å². The van der Waals surface area contributed by atoms with Crippen LogP contribution in [0.4, 0.5) is 4.79 Å². The maximum absolute atomic E-state index is 12.6. The van der Waals surface area contributed by atoms with Crippen molar-refractivity contribution in [3.05, 3.63) is 34.9 Å². The van der Waals surface area contributed by atoms with E-state index in [1.807, 2.05) is 32.9 Å². The second-order valence-corrected chi connectivity index (χ2v) is 7.79. The molecule has 0 unspecified atom stereocenters. The molecule has 6 heteroatoms. The molecule has 1 saturated heterocycles. The van der Waals surface area contributed by atoms with Gasteiger partial charge in [-0.25, -0.2) is 9.59 Å². The minimum atomic E-state index is -0.519. The molecule has 5 nitrogen and oxygen atoms in total. The number of benzene rings is 1. The number of hydrogen-bond acceptors (Lipinski definition) is 4. The maximum Gasteiger partial charge on any atom is 0.410 e. The zero-order valence-corrected chi connectivity index (χ0v) is 16.9. The molecule has 1 aliphatic rings. The number of amides is 1. The van der Waals surface area contributed by atoms with Gasteiger partial charge >= 0.3 is 12.1 Å². The Bertz CT molecular complexity index is 639. The lowest BCUT2D eigenvalue weighted by Gasteiger charge is -2.37. The number of methoxy groups -OCH3 is 1. The van der Waals surface area contributed by atoms with Gasteiger partial charge in [0, 0.05) is 11.9 Å². The number of carbonyl (C=O) groups excluding carboxylic acids is 2. The third-order valence-corrected chi connectivity index (χ3v) is 4.80. The molecule has 1 amide bonds. The monoisotopic (exact) mass is 411 g/mol. The van der Waals surface area contributed by atoms with Crippen LogP contribution in [0.1, 0.15) is 67.6 Å². The molecule has 0 spiro atoms. The Morgan fingerprint density at radius 3 is 2.60 bits per heavy atom. The van der Waals surface area contributed by atoms with E-state index < -0.39 is 5.60 Å². The third-order valence-electron chi connectivity index (χ3n) is 4.19. The number of alkyl halides is 1. The molecule has 1 fully saturated rings. The molecule has 1 atom stereocenters. The lowest BCUT2D eigenvalue weighted by molar-refractivity contribution is 0.00947. The summed E-state index contributed by atoms with van der Waals surface area (Å²) >= 11 is 3.43. The van der Waals surface area contributed by atoms with Gasteiger partial charge < -0.3 is 14.4 Å². The molecule has 0 radical (unpaired) electrons. The van der Waals surface area contributed by atoms with Crippen LogP contribution < -0.4 is 0 Å². The Balaban J connectivity index is 2.30. The van der Waals surface area contributed by atoms with Crippen molar-refractivity contribution in [1.29, 1.82) is 0 Å². The molecule has 0 bridgehead atoms. The molecule has 1 aromatic carbocycles. The van der Waals surface area contributed by atoms with Crippen molar-refractivity contribution in [1.82, 2.24) is 4.90 Å². The van der Waals surface area contributed by atoms with E-state index in [-0.39, 0.29) is 18.1 Å². The number of rotatable bonds is 3. The van der Waals surface area contributed by atoms with Gasteiger partial charge in [0.1, 0.15) is 5.60 Å². The van der Waals surface area contributed by atoms with E-state index in [0.29, 0.717) is 17.4 Å². The third kappa shape index (κ3) is 4.97. The van der Waals surface area contributed by atoms with Crippen molar-refractivity contribution in [2.24, 2.45) is 0 Å². The van der Waals surface area contributed by atoms with Gasteiger partial charge in [-0.05, 0) is 57.2 Å². The quantitative estimate of drug-likeness (QED) is 0.527. The molecule has 25 heavy (non-hydrogen) atoms. The van der Waals surface area contributed by atoms with E-state index in [1.165, 1.54) is 7.11 Å². The predicted octanol–water partition coefficient (Wildman–Crippen LogP) is 4.83. The van der Waals surface area contributed by atoms with E-state index >= 15 is 0 Å². The molecule has 0 aliphatic carbocycles. The van der Waals surface area contributed by atoms with Gasteiger partial charge in [-0.1, -0.05) is 28.1 Å². The van der Waals surface area contributed by atoms with Crippen molar-refractivity contribution >= 4 is 28.0 Å². The molecule has 1 aliphatic heterocycles. The number of halogens is 1. The average molecular weight is 412 g/mol. The number of likely N-dealkylation sites (tertiary alicyclic amines) is 1. The van der Waals surface area contributed by atoms with E-state index in [1.54, 1.807) is 11.0 Å². The first kappa shape index (κ1) is 19.8. The molecular formula is C19H26BrNO4. The highest BCUT2D eigenvalue weighted by molar-refractivity contribution is 9.08. The van der Waals surface area contributed by atoms with Crippen molar-refractivity contribution < 1.29 is 19.1 Å². The highest BCUT2D eigenvalue weighted by Gasteiger charge is 2.31. The molecule has 0 saturated carbocycles. The largest absolute Gasteiger partial charge is 0.465 e. The summed E-state index contributed by atoms with van der Waals surface area (Å²) in [7, 11) is 1.37. The van der Waals surface area contributed by atoms with Crippen LogP contribution in [-0.4, -0.2) is 36.2 Å². The van der Waals surface area contributed by atoms with Gasteiger partial charge in [0.2, 0.25) is 0 Å². The average Bonchev–Trinajstić information content (AvgIpc) is 2.59. The minimum absolute atomic E-state index is 0.0342. The summed E-state index contributed by atoms with van der Waals surface area (Å²) in [6, 6.07) is 5.63. The van der Waals surface area contributed by atoms with Crippen molar-refractivity contribution in [3.8, 4) is 0 Å². The van der Waals surface area contributed by atoms with Gasteiger partial charge in [0.05, 0.1) is 18.7 Å². The first-order chi connectivity index (χ1) is 11.8. The number of piperidine rings is 1. The van der Waals surface area contributed by atoms with E-state index in [0.717, 1.165) is 30.4 Å². The smallest absolute Gasteiger partial charge is 0.410 e. The van der Waals surface area contributed by atoms with Crippen LogP contribution in [0.5, 0.6) is 0 Å². The molecule has 0 N–H and O–H groups in total. The van der Waals surface area contributed by atoms with Crippen LogP contribution in [0, 0.1) is 0 Å². The standard InChI is InChI=1S/C19H26BrNO4/c1-19(2,3)25-18(23)21-10-6-5-7-16(21)13-8-9-15(17(22)24-4)14(11-13)12-20/h8-9,11,16H,5-7,10,12H2,1-4H3/t16-/m0/s1.